The van der Waals surface area contributed by atoms with Crippen molar-refractivity contribution in [3.8, 4) is 0 Å². The van der Waals surface area contributed by atoms with Crippen molar-refractivity contribution in [2.24, 2.45) is 0 Å². The first kappa shape index (κ1) is 22.1. The van der Waals surface area contributed by atoms with Crippen molar-refractivity contribution >= 4 is 39.2 Å². The highest BCUT2D eigenvalue weighted by Gasteiger charge is 2.24. The molecule has 0 spiro atoms. The molecule has 2 aromatic heterocycles. The number of benzene rings is 1. The third-order valence-electron chi connectivity index (χ3n) is 5.84. The SMILES string of the molecule is CCc1cc2c(=O)n(CCc3ccccc3)c(SC(C)C(=O)NC3CCCC3)nc2s1. The molecule has 1 aliphatic rings. The maximum Gasteiger partial charge on any atom is 0.262 e. The van der Waals surface area contributed by atoms with Crippen LogP contribution in [0, 0.1) is 0 Å². The summed E-state index contributed by atoms with van der Waals surface area (Å²) in [6, 6.07) is 12.4. The molecule has 7 heteroatoms. The van der Waals surface area contributed by atoms with E-state index in [9.17, 15) is 9.59 Å². The molecule has 1 aliphatic carbocycles. The lowest BCUT2D eigenvalue weighted by Crippen LogP contribution is -2.38. The Kier molecular flexibility index (Phi) is 7.13. The quantitative estimate of drug-likeness (QED) is 0.391. The Morgan fingerprint density at radius 2 is 2.03 bits per heavy atom. The van der Waals surface area contributed by atoms with Gasteiger partial charge in [-0.1, -0.05) is 61.9 Å². The van der Waals surface area contributed by atoms with Crippen molar-refractivity contribution in [3.05, 3.63) is 57.2 Å². The maximum atomic E-state index is 13.3. The number of fused-ring (bicyclic) bond motifs is 1. The van der Waals surface area contributed by atoms with E-state index < -0.39 is 0 Å². The Labute approximate surface area is 191 Å². The number of nitrogens with one attached hydrogen (secondary N) is 1. The summed E-state index contributed by atoms with van der Waals surface area (Å²) in [6.45, 7) is 4.53. The molecule has 5 nitrogen and oxygen atoms in total. The van der Waals surface area contributed by atoms with Crippen LogP contribution in [0.3, 0.4) is 0 Å². The van der Waals surface area contributed by atoms with Crippen LogP contribution in [0.25, 0.3) is 10.2 Å². The molecular formula is C24H29N3O2S2. The number of thioether (sulfide) groups is 1. The highest BCUT2D eigenvalue weighted by Crippen LogP contribution is 2.28. The number of aromatic nitrogens is 2. The molecule has 1 amide bonds. The molecule has 1 fully saturated rings. The second-order valence-corrected chi connectivity index (χ2v) is 10.5. The predicted octanol–water partition coefficient (Wildman–Crippen LogP) is 4.80. The molecule has 0 saturated heterocycles. The molecule has 1 unspecified atom stereocenters. The van der Waals surface area contributed by atoms with Gasteiger partial charge in [0, 0.05) is 17.5 Å². The van der Waals surface area contributed by atoms with Gasteiger partial charge in [-0.2, -0.15) is 0 Å². The number of hydrogen-bond donors (Lipinski definition) is 1. The Hall–Kier alpha value is -2.12. The molecule has 0 bridgehead atoms. The number of nitrogens with zero attached hydrogens (tertiary/aromatic N) is 2. The molecule has 1 N–H and O–H groups in total. The van der Waals surface area contributed by atoms with Gasteiger partial charge < -0.3 is 5.32 Å². The van der Waals surface area contributed by atoms with Gasteiger partial charge in [0.1, 0.15) is 4.83 Å². The summed E-state index contributed by atoms with van der Waals surface area (Å²) in [7, 11) is 0. The molecule has 2 heterocycles. The van der Waals surface area contributed by atoms with Crippen LogP contribution in [0.5, 0.6) is 0 Å². The summed E-state index contributed by atoms with van der Waals surface area (Å²) in [5, 5.41) is 4.18. The third-order valence-corrected chi connectivity index (χ3v) is 8.10. The molecule has 4 rings (SSSR count). The number of aryl methyl sites for hydroxylation is 2. The Bertz CT molecular complexity index is 1100. The molecule has 164 valence electrons. The van der Waals surface area contributed by atoms with Gasteiger partial charge in [0.25, 0.3) is 5.56 Å². The van der Waals surface area contributed by atoms with Gasteiger partial charge in [-0.3, -0.25) is 14.2 Å². The summed E-state index contributed by atoms with van der Waals surface area (Å²) in [5.41, 5.74) is 1.17. The molecule has 1 atom stereocenters. The summed E-state index contributed by atoms with van der Waals surface area (Å²) < 4.78 is 1.76. The molecule has 3 aromatic rings. The van der Waals surface area contributed by atoms with Gasteiger partial charge in [-0.15, -0.1) is 11.3 Å². The topological polar surface area (TPSA) is 64.0 Å². The van der Waals surface area contributed by atoms with Crippen molar-refractivity contribution in [2.75, 3.05) is 0 Å². The van der Waals surface area contributed by atoms with E-state index in [-0.39, 0.29) is 22.8 Å². The van der Waals surface area contributed by atoms with Gasteiger partial charge in [0.15, 0.2) is 5.16 Å². The monoisotopic (exact) mass is 455 g/mol. The third kappa shape index (κ3) is 5.21. The predicted molar refractivity (Wildman–Crippen MR) is 129 cm³/mol. The molecule has 0 aliphatic heterocycles. The lowest BCUT2D eigenvalue weighted by Gasteiger charge is -2.18. The normalized spacial score (nSPS) is 15.4. The van der Waals surface area contributed by atoms with Crippen LogP contribution in [0.4, 0.5) is 0 Å². The zero-order valence-electron chi connectivity index (χ0n) is 18.1. The van der Waals surface area contributed by atoms with Crippen LogP contribution >= 0.6 is 23.1 Å². The fourth-order valence-corrected chi connectivity index (χ4v) is 5.95. The van der Waals surface area contributed by atoms with Gasteiger partial charge in [0.2, 0.25) is 5.91 Å². The second kappa shape index (κ2) is 10.0. The Morgan fingerprint density at radius 1 is 1.29 bits per heavy atom. The van der Waals surface area contributed by atoms with Crippen LogP contribution < -0.4 is 10.9 Å². The summed E-state index contributed by atoms with van der Waals surface area (Å²) in [4.78, 5) is 32.9. The average molecular weight is 456 g/mol. The van der Waals surface area contributed by atoms with Crippen LogP contribution in [0.1, 0.15) is 50.0 Å². The first-order chi connectivity index (χ1) is 15.0. The van der Waals surface area contributed by atoms with Crippen LogP contribution in [-0.2, 0) is 24.2 Å². The molecule has 1 saturated carbocycles. The highest BCUT2D eigenvalue weighted by molar-refractivity contribution is 8.00. The van der Waals surface area contributed by atoms with Crippen molar-refractivity contribution in [1.29, 1.82) is 0 Å². The summed E-state index contributed by atoms with van der Waals surface area (Å²) >= 11 is 2.96. The largest absolute Gasteiger partial charge is 0.352 e. The van der Waals surface area contributed by atoms with E-state index in [2.05, 4.69) is 24.4 Å². The van der Waals surface area contributed by atoms with Crippen LogP contribution in [-0.4, -0.2) is 26.8 Å². The molecular weight excluding hydrogens is 426 g/mol. The van der Waals surface area contributed by atoms with E-state index in [1.165, 1.54) is 30.2 Å². The highest BCUT2D eigenvalue weighted by atomic mass is 32.2. The fourth-order valence-electron chi connectivity index (χ4n) is 3.99. The zero-order valence-corrected chi connectivity index (χ0v) is 19.7. The van der Waals surface area contributed by atoms with E-state index in [0.717, 1.165) is 35.4 Å². The number of hydrogen-bond acceptors (Lipinski definition) is 5. The zero-order chi connectivity index (χ0) is 21.8. The van der Waals surface area contributed by atoms with Crippen molar-refractivity contribution in [3.63, 3.8) is 0 Å². The Morgan fingerprint density at radius 3 is 2.74 bits per heavy atom. The second-order valence-electron chi connectivity index (χ2n) is 8.12. The number of rotatable bonds is 8. The number of carbonyl (C=O) groups excluding carboxylic acids is 1. The minimum Gasteiger partial charge on any atom is -0.352 e. The average Bonchev–Trinajstić information content (AvgIpc) is 3.44. The van der Waals surface area contributed by atoms with E-state index in [4.69, 9.17) is 4.98 Å². The number of carbonyl (C=O) groups is 1. The van der Waals surface area contributed by atoms with E-state index in [1.807, 2.05) is 31.2 Å². The fraction of sp³-hybridized carbons (Fsp3) is 0.458. The van der Waals surface area contributed by atoms with Gasteiger partial charge in [-0.05, 0) is 44.2 Å². The minimum absolute atomic E-state index is 0.0113. The minimum atomic E-state index is -0.307. The van der Waals surface area contributed by atoms with Crippen molar-refractivity contribution in [2.45, 2.75) is 75.4 Å². The number of thiophene rings is 1. The van der Waals surface area contributed by atoms with Crippen LogP contribution in [0.2, 0.25) is 0 Å². The summed E-state index contributed by atoms with van der Waals surface area (Å²) in [6.07, 6.45) is 6.11. The Balaban J connectivity index is 1.61. The summed E-state index contributed by atoms with van der Waals surface area (Å²) in [5.74, 6) is 0.0290. The van der Waals surface area contributed by atoms with E-state index in [1.54, 1.807) is 15.9 Å². The van der Waals surface area contributed by atoms with Crippen molar-refractivity contribution < 1.29 is 4.79 Å². The first-order valence-corrected chi connectivity index (χ1v) is 12.8. The van der Waals surface area contributed by atoms with E-state index >= 15 is 0 Å². The molecule has 0 radical (unpaired) electrons. The molecule has 31 heavy (non-hydrogen) atoms. The van der Waals surface area contributed by atoms with Gasteiger partial charge in [-0.25, -0.2) is 4.98 Å². The standard InChI is InChI=1S/C24H29N3O2S2/c1-3-19-15-20-22(31-19)26-24(30-16(2)21(28)25-18-11-7-8-12-18)27(23(20)29)14-13-17-9-5-4-6-10-17/h4-6,9-10,15-16,18H,3,7-8,11-14H2,1-2H3,(H,25,28). The smallest absolute Gasteiger partial charge is 0.262 e. The van der Waals surface area contributed by atoms with E-state index in [0.29, 0.717) is 17.1 Å². The lowest BCUT2D eigenvalue weighted by molar-refractivity contribution is -0.120. The van der Waals surface area contributed by atoms with Gasteiger partial charge >= 0.3 is 0 Å². The van der Waals surface area contributed by atoms with Gasteiger partial charge in [0.05, 0.1) is 10.6 Å². The lowest BCUT2D eigenvalue weighted by atomic mass is 10.1. The van der Waals surface area contributed by atoms with Crippen molar-refractivity contribution in [1.82, 2.24) is 14.9 Å². The number of amides is 1. The molecule has 1 aromatic carbocycles. The maximum absolute atomic E-state index is 13.3. The van der Waals surface area contributed by atoms with Crippen LogP contribution in [0.15, 0.2) is 46.3 Å². The first-order valence-electron chi connectivity index (χ1n) is 11.1.